The van der Waals surface area contributed by atoms with Crippen LogP contribution in [-0.4, -0.2) is 29.9 Å². The lowest BCUT2D eigenvalue weighted by atomic mass is 10.1. The lowest BCUT2D eigenvalue weighted by Gasteiger charge is -2.15. The Kier molecular flexibility index (Phi) is 7.93. The van der Waals surface area contributed by atoms with Crippen LogP contribution in [0.25, 0.3) is 6.08 Å². The molecule has 0 bridgehead atoms. The monoisotopic (exact) mass is 542 g/mol. The maximum Gasteiger partial charge on any atom is 0.270 e. The molecule has 0 aliphatic carbocycles. The number of carbonyl (C=O) groups excluding carboxylic acids is 2. The minimum atomic E-state index is -0.410. The summed E-state index contributed by atoms with van der Waals surface area (Å²) in [5.41, 5.74) is 2.66. The Morgan fingerprint density at radius 1 is 1.14 bits per heavy atom. The van der Waals surface area contributed by atoms with Gasteiger partial charge in [0.25, 0.3) is 11.8 Å². The Morgan fingerprint density at radius 2 is 1.89 bits per heavy atom. The van der Waals surface area contributed by atoms with Crippen LogP contribution in [0.5, 0.6) is 11.5 Å². The highest BCUT2D eigenvalue weighted by atomic mass is 35.5. The highest BCUT2D eigenvalue weighted by Crippen LogP contribution is 2.38. The number of benzene rings is 3. The van der Waals surface area contributed by atoms with Crippen LogP contribution in [-0.2, 0) is 9.59 Å². The van der Waals surface area contributed by atoms with E-state index in [2.05, 4.69) is 5.32 Å². The number of halogens is 2. The van der Waals surface area contributed by atoms with E-state index in [1.165, 1.54) is 48.0 Å². The van der Waals surface area contributed by atoms with Crippen molar-refractivity contribution in [2.24, 2.45) is 0 Å². The number of anilines is 2. The smallest absolute Gasteiger partial charge is 0.270 e. The van der Waals surface area contributed by atoms with Gasteiger partial charge in [-0.1, -0.05) is 47.7 Å². The predicted molar refractivity (Wildman–Crippen MR) is 145 cm³/mol. The molecule has 3 aromatic rings. The van der Waals surface area contributed by atoms with E-state index in [-0.39, 0.29) is 12.5 Å². The normalized spacial score (nSPS) is 14.3. The summed E-state index contributed by atoms with van der Waals surface area (Å²) >= 11 is 12.9. The van der Waals surface area contributed by atoms with Gasteiger partial charge in [-0.05, 0) is 72.7 Å². The average Bonchev–Trinajstić information content (AvgIpc) is 3.13. The van der Waals surface area contributed by atoms with Crippen molar-refractivity contribution in [1.82, 2.24) is 0 Å². The molecule has 1 N–H and O–H groups in total. The number of ether oxygens (including phenoxy) is 2. The maximum atomic E-state index is 13.1. The van der Waals surface area contributed by atoms with Gasteiger partial charge in [0.05, 0.1) is 17.7 Å². The van der Waals surface area contributed by atoms with Gasteiger partial charge in [0.15, 0.2) is 22.4 Å². The molecule has 0 unspecified atom stereocenters. The van der Waals surface area contributed by atoms with E-state index in [9.17, 15) is 14.0 Å². The zero-order valence-corrected chi connectivity index (χ0v) is 21.6. The van der Waals surface area contributed by atoms with Gasteiger partial charge in [0.1, 0.15) is 5.82 Å². The molecule has 3 aromatic carbocycles. The highest BCUT2D eigenvalue weighted by Gasteiger charge is 2.33. The summed E-state index contributed by atoms with van der Waals surface area (Å²) in [6, 6.07) is 15.9. The lowest BCUT2D eigenvalue weighted by molar-refractivity contribution is -0.118. The van der Waals surface area contributed by atoms with Gasteiger partial charge in [0, 0.05) is 10.7 Å². The average molecular weight is 543 g/mol. The van der Waals surface area contributed by atoms with Gasteiger partial charge in [-0.3, -0.25) is 14.5 Å². The van der Waals surface area contributed by atoms with E-state index in [4.69, 9.17) is 33.3 Å². The first-order chi connectivity index (χ1) is 17.2. The van der Waals surface area contributed by atoms with Crippen molar-refractivity contribution in [1.29, 1.82) is 0 Å². The number of nitrogens with one attached hydrogen (secondary N) is 1. The molecule has 6 nitrogen and oxygen atoms in total. The molecule has 0 saturated carbocycles. The Hall–Kier alpha value is -3.40. The van der Waals surface area contributed by atoms with Crippen LogP contribution >= 0.6 is 35.6 Å². The molecule has 0 atom stereocenters. The van der Waals surface area contributed by atoms with Crippen LogP contribution in [0.3, 0.4) is 0 Å². The summed E-state index contributed by atoms with van der Waals surface area (Å²) in [6.07, 6.45) is 1.71. The van der Waals surface area contributed by atoms with Crippen LogP contribution in [0.15, 0.2) is 65.6 Å². The minimum absolute atomic E-state index is 0.248. The fourth-order valence-corrected chi connectivity index (χ4v) is 4.80. The lowest BCUT2D eigenvalue weighted by Crippen LogP contribution is -2.27. The predicted octanol–water partition coefficient (Wildman–Crippen LogP) is 6.22. The number of hydrogen-bond acceptors (Lipinski definition) is 6. The second-order valence-electron chi connectivity index (χ2n) is 7.70. The summed E-state index contributed by atoms with van der Waals surface area (Å²) in [6.45, 7) is 1.61. The summed E-state index contributed by atoms with van der Waals surface area (Å²) in [7, 11) is 1.48. The van der Waals surface area contributed by atoms with Gasteiger partial charge < -0.3 is 14.8 Å². The van der Waals surface area contributed by atoms with Crippen LogP contribution in [0.1, 0.15) is 11.1 Å². The zero-order valence-electron chi connectivity index (χ0n) is 19.2. The molecule has 1 fully saturated rings. The molecule has 10 heteroatoms. The largest absolute Gasteiger partial charge is 0.493 e. The van der Waals surface area contributed by atoms with Gasteiger partial charge in [-0.2, -0.15) is 0 Å². The zero-order chi connectivity index (χ0) is 25.8. The number of rotatable bonds is 7. The van der Waals surface area contributed by atoms with E-state index in [1.54, 1.807) is 36.4 Å². The van der Waals surface area contributed by atoms with Crippen LogP contribution in [0.2, 0.25) is 5.02 Å². The minimum Gasteiger partial charge on any atom is -0.493 e. The summed E-state index contributed by atoms with van der Waals surface area (Å²) in [5, 5.41) is 3.18. The number of nitrogens with zero attached hydrogens (tertiary/aromatic N) is 1. The third-order valence-electron chi connectivity index (χ3n) is 5.18. The van der Waals surface area contributed by atoms with E-state index in [1.807, 2.05) is 13.0 Å². The molecular formula is C26H20ClFN2O4S2. The van der Waals surface area contributed by atoms with Crippen LogP contribution < -0.4 is 19.7 Å². The second kappa shape index (κ2) is 11.1. The highest BCUT2D eigenvalue weighted by molar-refractivity contribution is 8.27. The van der Waals surface area contributed by atoms with Crippen LogP contribution in [0, 0.1) is 12.7 Å². The third kappa shape index (κ3) is 5.87. The molecular weight excluding hydrogens is 523 g/mol. The topological polar surface area (TPSA) is 67.9 Å². The first-order valence-electron chi connectivity index (χ1n) is 10.7. The standard InChI is InChI=1S/C26H20ClFN2O4S2/c1-15-3-9-19(13-20(15)27)30-25(32)23(36-26(30)35)12-16-4-10-21(22(11-16)33-2)34-14-24(31)29-18-7-5-17(28)6-8-18/h3-13H,14H2,1-2H3,(H,29,31)/b23-12-. The molecule has 1 aliphatic rings. The number of hydrogen-bond donors (Lipinski definition) is 1. The summed E-state index contributed by atoms with van der Waals surface area (Å²) in [4.78, 5) is 27.1. The van der Waals surface area contributed by atoms with Crippen molar-refractivity contribution in [2.75, 3.05) is 23.9 Å². The molecule has 1 heterocycles. The van der Waals surface area contributed by atoms with Crippen molar-refractivity contribution in [3.63, 3.8) is 0 Å². The number of methoxy groups -OCH3 is 1. The Morgan fingerprint density at radius 3 is 2.58 bits per heavy atom. The number of aryl methyl sites for hydroxylation is 1. The Labute approximate surface area is 222 Å². The van der Waals surface area contributed by atoms with Crippen molar-refractivity contribution in [3.05, 3.63) is 87.5 Å². The van der Waals surface area contributed by atoms with Gasteiger partial charge in [-0.15, -0.1) is 0 Å². The number of thiocarbonyl (C=S) groups is 1. The molecule has 36 heavy (non-hydrogen) atoms. The van der Waals surface area contributed by atoms with Crippen molar-refractivity contribution < 1.29 is 23.5 Å². The molecule has 2 amide bonds. The quantitative estimate of drug-likeness (QED) is 0.282. The Bertz CT molecular complexity index is 1380. The van der Waals surface area contributed by atoms with E-state index in [0.717, 1.165) is 5.56 Å². The fraction of sp³-hybridized carbons (Fsp3) is 0.115. The molecule has 4 rings (SSSR count). The summed E-state index contributed by atoms with van der Waals surface area (Å²) in [5.74, 6) is -0.310. The SMILES string of the molecule is COc1cc(/C=C2\SC(=S)N(c3ccc(C)c(Cl)c3)C2=O)ccc1OCC(=O)Nc1ccc(F)cc1. The molecule has 0 spiro atoms. The van der Waals surface area contributed by atoms with Crippen molar-refractivity contribution >= 4 is 69.2 Å². The van der Waals surface area contributed by atoms with Crippen LogP contribution in [0.4, 0.5) is 15.8 Å². The molecule has 0 radical (unpaired) electrons. The van der Waals surface area contributed by atoms with Crippen molar-refractivity contribution in [2.45, 2.75) is 6.92 Å². The number of thioether (sulfide) groups is 1. The van der Waals surface area contributed by atoms with Gasteiger partial charge >= 0.3 is 0 Å². The summed E-state index contributed by atoms with van der Waals surface area (Å²) < 4.78 is 24.4. The first kappa shape index (κ1) is 25.7. The Balaban J connectivity index is 1.45. The van der Waals surface area contributed by atoms with Gasteiger partial charge in [-0.25, -0.2) is 4.39 Å². The second-order valence-corrected chi connectivity index (χ2v) is 9.79. The number of carbonyl (C=O) groups is 2. The fourth-order valence-electron chi connectivity index (χ4n) is 3.33. The molecule has 1 aliphatic heterocycles. The molecule has 184 valence electrons. The molecule has 1 saturated heterocycles. The van der Waals surface area contributed by atoms with Crippen molar-refractivity contribution in [3.8, 4) is 11.5 Å². The van der Waals surface area contributed by atoms with E-state index >= 15 is 0 Å². The van der Waals surface area contributed by atoms with Gasteiger partial charge in [0.2, 0.25) is 0 Å². The first-order valence-corrected chi connectivity index (χ1v) is 12.3. The number of amides is 2. The van der Waals surface area contributed by atoms with E-state index < -0.39 is 11.7 Å². The molecule has 0 aromatic heterocycles. The third-order valence-corrected chi connectivity index (χ3v) is 6.89. The van der Waals surface area contributed by atoms with E-state index in [0.29, 0.717) is 42.7 Å². The maximum absolute atomic E-state index is 13.1.